The van der Waals surface area contributed by atoms with Gasteiger partial charge in [-0.2, -0.15) is 0 Å². The molecule has 1 aromatic heterocycles. The van der Waals surface area contributed by atoms with Crippen LogP contribution in [0.4, 0.5) is 5.95 Å². The summed E-state index contributed by atoms with van der Waals surface area (Å²) in [6.07, 6.45) is 3.66. The van der Waals surface area contributed by atoms with Crippen LogP contribution in [0.15, 0.2) is 42.7 Å². The minimum absolute atomic E-state index is 0.0207. The second-order valence-electron chi connectivity index (χ2n) is 6.15. The van der Waals surface area contributed by atoms with Crippen LogP contribution in [-0.4, -0.2) is 71.4 Å². The summed E-state index contributed by atoms with van der Waals surface area (Å²) in [6, 6.07) is 8.81. The molecule has 8 heteroatoms. The monoisotopic (exact) mass is 369 g/mol. The van der Waals surface area contributed by atoms with Crippen molar-refractivity contribution in [2.45, 2.75) is 6.42 Å². The molecule has 142 valence electrons. The van der Waals surface area contributed by atoms with Gasteiger partial charge in [-0.15, -0.1) is 0 Å². The zero-order chi connectivity index (χ0) is 19.1. The first-order chi connectivity index (χ1) is 13.2. The second-order valence-corrected chi connectivity index (χ2v) is 6.15. The lowest BCUT2D eigenvalue weighted by Crippen LogP contribution is -2.50. The average molecular weight is 369 g/mol. The molecule has 3 rings (SSSR count). The number of hydrogen-bond acceptors (Lipinski definition) is 6. The molecule has 2 aromatic rings. The number of carbonyl (C=O) groups is 2. The predicted octanol–water partition coefficient (Wildman–Crippen LogP) is 1.27. The van der Waals surface area contributed by atoms with E-state index in [1.54, 1.807) is 59.6 Å². The van der Waals surface area contributed by atoms with Gasteiger partial charge < -0.3 is 19.9 Å². The first-order valence-electron chi connectivity index (χ1n) is 8.89. The minimum Gasteiger partial charge on any atom is -0.497 e. The van der Waals surface area contributed by atoms with Crippen molar-refractivity contribution in [1.29, 1.82) is 0 Å². The lowest BCUT2D eigenvalue weighted by molar-refractivity contribution is -0.132. The number of anilines is 1. The Bertz CT molecular complexity index is 759. The molecular weight excluding hydrogens is 346 g/mol. The third kappa shape index (κ3) is 4.93. The maximum atomic E-state index is 12.6. The molecule has 1 N–H and O–H groups in total. The fourth-order valence-corrected chi connectivity index (χ4v) is 2.90. The van der Waals surface area contributed by atoms with Crippen molar-refractivity contribution in [3.8, 4) is 5.75 Å². The molecule has 1 saturated heterocycles. The number of aromatic nitrogens is 2. The molecule has 1 aliphatic rings. The molecular formula is C19H23N5O3. The van der Waals surface area contributed by atoms with Crippen molar-refractivity contribution in [3.63, 3.8) is 0 Å². The molecule has 8 nitrogen and oxygen atoms in total. The Kier molecular flexibility index (Phi) is 6.19. The van der Waals surface area contributed by atoms with Crippen LogP contribution in [0.3, 0.4) is 0 Å². The van der Waals surface area contributed by atoms with E-state index < -0.39 is 0 Å². The third-order valence-electron chi connectivity index (χ3n) is 4.44. The number of amides is 2. The first kappa shape index (κ1) is 18.6. The summed E-state index contributed by atoms with van der Waals surface area (Å²) in [5.41, 5.74) is 0.627. The van der Waals surface area contributed by atoms with Crippen LogP contribution in [0.1, 0.15) is 16.8 Å². The van der Waals surface area contributed by atoms with Gasteiger partial charge in [0, 0.05) is 57.1 Å². The highest BCUT2D eigenvalue weighted by molar-refractivity contribution is 5.94. The molecule has 0 spiro atoms. The number of benzene rings is 1. The number of methoxy groups -OCH3 is 1. The van der Waals surface area contributed by atoms with Gasteiger partial charge in [0.1, 0.15) is 5.75 Å². The average Bonchev–Trinajstić information content (AvgIpc) is 2.74. The molecule has 1 fully saturated rings. The van der Waals surface area contributed by atoms with E-state index in [4.69, 9.17) is 4.74 Å². The molecule has 2 heterocycles. The van der Waals surface area contributed by atoms with Crippen molar-refractivity contribution >= 4 is 17.8 Å². The summed E-state index contributed by atoms with van der Waals surface area (Å²) in [5, 5.41) is 3.03. The Balaban J connectivity index is 1.43. The Hall–Kier alpha value is -3.16. The van der Waals surface area contributed by atoms with Crippen molar-refractivity contribution < 1.29 is 14.3 Å². The molecule has 27 heavy (non-hydrogen) atoms. The van der Waals surface area contributed by atoms with Crippen molar-refractivity contribution in [2.24, 2.45) is 0 Å². The largest absolute Gasteiger partial charge is 0.497 e. The van der Waals surface area contributed by atoms with Crippen LogP contribution < -0.4 is 10.1 Å². The van der Waals surface area contributed by atoms with E-state index in [1.165, 1.54) is 0 Å². The summed E-state index contributed by atoms with van der Waals surface area (Å²) in [7, 11) is 1.59. The van der Waals surface area contributed by atoms with Gasteiger partial charge in [-0.3, -0.25) is 9.59 Å². The Morgan fingerprint density at radius 2 is 1.67 bits per heavy atom. The zero-order valence-corrected chi connectivity index (χ0v) is 15.3. The maximum absolute atomic E-state index is 12.6. The topological polar surface area (TPSA) is 87.7 Å². The Labute approximate surface area is 158 Å². The smallest absolute Gasteiger partial charge is 0.253 e. The number of rotatable bonds is 6. The lowest BCUT2D eigenvalue weighted by Gasteiger charge is -2.35. The molecule has 0 unspecified atom stereocenters. The molecule has 0 saturated carbocycles. The summed E-state index contributed by atoms with van der Waals surface area (Å²) in [5.74, 6) is 1.28. The van der Waals surface area contributed by atoms with E-state index in [1.807, 2.05) is 0 Å². The van der Waals surface area contributed by atoms with E-state index in [0.717, 1.165) is 5.75 Å². The van der Waals surface area contributed by atoms with Crippen LogP contribution in [-0.2, 0) is 4.79 Å². The highest BCUT2D eigenvalue weighted by atomic mass is 16.5. The minimum atomic E-state index is -0.0207. The molecule has 0 atom stereocenters. The fourth-order valence-electron chi connectivity index (χ4n) is 2.90. The molecule has 0 aliphatic carbocycles. The number of nitrogens with zero attached hydrogens (tertiary/aromatic N) is 4. The Morgan fingerprint density at radius 1 is 1.04 bits per heavy atom. The summed E-state index contributed by atoms with van der Waals surface area (Å²) < 4.78 is 5.11. The maximum Gasteiger partial charge on any atom is 0.253 e. The molecule has 0 radical (unpaired) electrons. The number of piperazine rings is 1. The molecule has 0 bridgehead atoms. The number of hydrogen-bond donors (Lipinski definition) is 1. The normalized spacial score (nSPS) is 14.0. The van der Waals surface area contributed by atoms with Crippen molar-refractivity contribution in [2.75, 3.05) is 45.2 Å². The van der Waals surface area contributed by atoms with E-state index >= 15 is 0 Å². The van der Waals surface area contributed by atoms with Gasteiger partial charge in [0.05, 0.1) is 7.11 Å². The molecule has 1 aromatic carbocycles. The summed E-state index contributed by atoms with van der Waals surface area (Å²) >= 11 is 0. The van der Waals surface area contributed by atoms with Crippen LogP contribution >= 0.6 is 0 Å². The quantitative estimate of drug-likeness (QED) is 0.825. The summed E-state index contributed by atoms with van der Waals surface area (Å²) in [6.45, 7) is 2.64. The third-order valence-corrected chi connectivity index (χ3v) is 4.44. The van der Waals surface area contributed by atoms with Crippen LogP contribution in [0, 0.1) is 0 Å². The Morgan fingerprint density at radius 3 is 2.30 bits per heavy atom. The first-order valence-corrected chi connectivity index (χ1v) is 8.89. The standard InChI is InChI=1S/C19H23N5O3/c1-27-16-5-3-15(4-6-16)18(26)24-13-11-23(12-14-24)17(25)7-10-22-19-20-8-2-9-21-19/h2-6,8-9H,7,10-14H2,1H3,(H,20,21,22). The number of ether oxygens (including phenoxy) is 1. The van der Waals surface area contributed by atoms with Gasteiger partial charge in [0.25, 0.3) is 5.91 Å². The predicted molar refractivity (Wildman–Crippen MR) is 101 cm³/mol. The number of nitrogens with one attached hydrogen (secondary N) is 1. The highest BCUT2D eigenvalue weighted by Crippen LogP contribution is 2.14. The fraction of sp³-hybridized carbons (Fsp3) is 0.368. The van der Waals surface area contributed by atoms with Gasteiger partial charge in [-0.1, -0.05) is 0 Å². The summed E-state index contributed by atoms with van der Waals surface area (Å²) in [4.78, 5) is 36.6. The second kappa shape index (κ2) is 8.98. The lowest BCUT2D eigenvalue weighted by atomic mass is 10.1. The molecule has 2 amide bonds. The van der Waals surface area contributed by atoms with Crippen LogP contribution in [0.25, 0.3) is 0 Å². The van der Waals surface area contributed by atoms with Crippen molar-refractivity contribution in [3.05, 3.63) is 48.3 Å². The van der Waals surface area contributed by atoms with E-state index in [0.29, 0.717) is 50.7 Å². The van der Waals surface area contributed by atoms with Gasteiger partial charge in [0.2, 0.25) is 11.9 Å². The van der Waals surface area contributed by atoms with Gasteiger partial charge in [-0.25, -0.2) is 9.97 Å². The van der Waals surface area contributed by atoms with E-state index in [2.05, 4.69) is 15.3 Å². The van der Waals surface area contributed by atoms with E-state index in [-0.39, 0.29) is 11.8 Å². The van der Waals surface area contributed by atoms with Gasteiger partial charge in [-0.05, 0) is 30.3 Å². The zero-order valence-electron chi connectivity index (χ0n) is 15.3. The SMILES string of the molecule is COc1ccc(C(=O)N2CCN(C(=O)CCNc3ncccn3)CC2)cc1. The van der Waals surface area contributed by atoms with E-state index in [9.17, 15) is 9.59 Å². The van der Waals surface area contributed by atoms with Crippen LogP contribution in [0.5, 0.6) is 5.75 Å². The number of carbonyl (C=O) groups excluding carboxylic acids is 2. The molecule has 1 aliphatic heterocycles. The highest BCUT2D eigenvalue weighted by Gasteiger charge is 2.24. The van der Waals surface area contributed by atoms with Crippen molar-refractivity contribution in [1.82, 2.24) is 19.8 Å². The van der Waals surface area contributed by atoms with Gasteiger partial charge in [0.15, 0.2) is 0 Å². The van der Waals surface area contributed by atoms with Crippen LogP contribution in [0.2, 0.25) is 0 Å². The van der Waals surface area contributed by atoms with Gasteiger partial charge >= 0.3 is 0 Å².